The first-order valence-electron chi connectivity index (χ1n) is 8.67. The Morgan fingerprint density at radius 1 is 1.12 bits per heavy atom. The summed E-state index contributed by atoms with van der Waals surface area (Å²) in [6.45, 7) is 1.54. The van der Waals surface area contributed by atoms with Crippen molar-refractivity contribution in [1.29, 1.82) is 0 Å². The van der Waals surface area contributed by atoms with Crippen LogP contribution in [-0.2, 0) is 18.3 Å². The number of fused-ring (bicyclic) bond motifs is 1. The molecule has 25 heavy (non-hydrogen) atoms. The zero-order valence-corrected chi connectivity index (χ0v) is 14.3. The van der Waals surface area contributed by atoms with Gasteiger partial charge >= 0.3 is 0 Å². The van der Waals surface area contributed by atoms with Gasteiger partial charge in [0.2, 0.25) is 5.91 Å². The average molecular weight is 335 g/mol. The third-order valence-corrected chi connectivity index (χ3v) is 4.92. The van der Waals surface area contributed by atoms with Gasteiger partial charge in [-0.1, -0.05) is 6.07 Å². The van der Waals surface area contributed by atoms with E-state index in [2.05, 4.69) is 16.0 Å². The number of piperidine rings is 1. The molecule has 0 atom stereocenters. The molecule has 1 amide bonds. The molecule has 1 aliphatic heterocycles. The predicted octanol–water partition coefficient (Wildman–Crippen LogP) is 2.31. The third-order valence-electron chi connectivity index (χ3n) is 4.92. The number of carbonyl (C=O) groups is 1. The minimum atomic E-state index is 0.157. The number of amides is 1. The van der Waals surface area contributed by atoms with E-state index in [1.54, 1.807) is 12.4 Å². The fraction of sp³-hybridized carbons (Fsp3) is 0.368. The van der Waals surface area contributed by atoms with Gasteiger partial charge in [-0.25, -0.2) is 4.98 Å². The van der Waals surface area contributed by atoms with E-state index in [1.165, 1.54) is 0 Å². The van der Waals surface area contributed by atoms with Crippen LogP contribution in [0.25, 0.3) is 11.0 Å². The molecule has 1 fully saturated rings. The minimum Gasteiger partial charge on any atom is -0.342 e. The second-order valence-corrected chi connectivity index (χ2v) is 6.54. The van der Waals surface area contributed by atoms with E-state index in [1.807, 2.05) is 40.9 Å². The molecule has 0 spiro atoms. The van der Waals surface area contributed by atoms with E-state index in [0.717, 1.165) is 48.4 Å². The molecule has 0 N–H and O–H groups in total. The summed E-state index contributed by atoms with van der Waals surface area (Å²) >= 11 is 0. The van der Waals surface area contributed by atoms with Crippen molar-refractivity contribution in [1.82, 2.24) is 24.6 Å². The summed E-state index contributed by atoms with van der Waals surface area (Å²) in [4.78, 5) is 23.1. The summed E-state index contributed by atoms with van der Waals surface area (Å²) in [5.74, 6) is 0.538. The maximum absolute atomic E-state index is 12.5. The molecule has 6 heteroatoms. The number of hydrogen-bond donors (Lipinski definition) is 0. The van der Waals surface area contributed by atoms with Crippen molar-refractivity contribution < 1.29 is 4.79 Å². The molecule has 3 aromatic heterocycles. The lowest BCUT2D eigenvalue weighted by atomic mass is 9.92. The fourth-order valence-electron chi connectivity index (χ4n) is 3.59. The van der Waals surface area contributed by atoms with E-state index in [0.29, 0.717) is 12.3 Å². The average Bonchev–Trinajstić information content (AvgIpc) is 3.00. The van der Waals surface area contributed by atoms with E-state index in [9.17, 15) is 4.79 Å². The first-order valence-corrected chi connectivity index (χ1v) is 8.67. The predicted molar refractivity (Wildman–Crippen MR) is 95.0 cm³/mol. The number of carbonyl (C=O) groups excluding carboxylic acids is 1. The molecular formula is C19H21N5O. The van der Waals surface area contributed by atoms with Crippen LogP contribution >= 0.6 is 0 Å². The summed E-state index contributed by atoms with van der Waals surface area (Å²) in [5.41, 5.74) is 2.87. The highest BCUT2D eigenvalue weighted by atomic mass is 16.2. The highest BCUT2D eigenvalue weighted by Crippen LogP contribution is 2.31. The second kappa shape index (κ2) is 6.63. The van der Waals surface area contributed by atoms with Gasteiger partial charge in [0.15, 0.2) is 5.65 Å². The van der Waals surface area contributed by atoms with Gasteiger partial charge in [0, 0.05) is 49.5 Å². The molecule has 128 valence electrons. The summed E-state index contributed by atoms with van der Waals surface area (Å²) in [7, 11) is 1.93. The van der Waals surface area contributed by atoms with E-state index in [-0.39, 0.29) is 5.91 Å². The van der Waals surface area contributed by atoms with Crippen LogP contribution in [0.5, 0.6) is 0 Å². The number of aromatic nitrogens is 4. The third kappa shape index (κ3) is 3.12. The molecule has 4 rings (SSSR count). The zero-order valence-electron chi connectivity index (χ0n) is 14.3. The lowest BCUT2D eigenvalue weighted by Crippen LogP contribution is -2.39. The van der Waals surface area contributed by atoms with Crippen LogP contribution in [0, 0.1) is 0 Å². The van der Waals surface area contributed by atoms with Crippen LogP contribution in [0.3, 0.4) is 0 Å². The van der Waals surface area contributed by atoms with Crippen molar-refractivity contribution in [3.8, 4) is 0 Å². The molecule has 0 aromatic carbocycles. The van der Waals surface area contributed by atoms with Gasteiger partial charge in [-0.15, -0.1) is 0 Å². The van der Waals surface area contributed by atoms with E-state index in [4.69, 9.17) is 5.10 Å². The molecule has 1 aliphatic rings. The van der Waals surface area contributed by atoms with Gasteiger partial charge < -0.3 is 4.90 Å². The minimum absolute atomic E-state index is 0.157. The highest BCUT2D eigenvalue weighted by Gasteiger charge is 2.27. The SMILES string of the molecule is Cn1nc(C2CCN(C(=O)Cc3ccccn3)CC2)c2cccnc21. The number of aryl methyl sites for hydroxylation is 1. The molecule has 4 heterocycles. The smallest absolute Gasteiger partial charge is 0.228 e. The van der Waals surface area contributed by atoms with Crippen LogP contribution in [0.1, 0.15) is 30.1 Å². The number of likely N-dealkylation sites (tertiary alicyclic amines) is 1. The molecule has 0 saturated carbocycles. The van der Waals surface area contributed by atoms with Crippen molar-refractivity contribution in [3.63, 3.8) is 0 Å². The van der Waals surface area contributed by atoms with Crippen LogP contribution < -0.4 is 0 Å². The van der Waals surface area contributed by atoms with Crippen molar-refractivity contribution in [2.75, 3.05) is 13.1 Å². The maximum atomic E-state index is 12.5. The fourth-order valence-corrected chi connectivity index (χ4v) is 3.59. The number of rotatable bonds is 3. The summed E-state index contributed by atoms with van der Waals surface area (Å²) in [6.07, 6.45) is 5.79. The monoisotopic (exact) mass is 335 g/mol. The Bertz CT molecular complexity index is 881. The standard InChI is InChI=1S/C19H21N5O/c1-23-19-16(6-4-10-21-19)18(22-23)14-7-11-24(12-8-14)17(25)13-15-5-2-3-9-20-15/h2-6,9-10,14H,7-8,11-13H2,1H3. The van der Waals surface area contributed by atoms with Gasteiger partial charge in [0.1, 0.15) is 0 Å². The number of pyridine rings is 2. The Kier molecular flexibility index (Phi) is 4.17. The van der Waals surface area contributed by atoms with Crippen molar-refractivity contribution in [3.05, 3.63) is 54.1 Å². The Hall–Kier alpha value is -2.76. The molecule has 6 nitrogen and oxygen atoms in total. The molecule has 1 saturated heterocycles. The van der Waals surface area contributed by atoms with Crippen LogP contribution in [0.4, 0.5) is 0 Å². The lowest BCUT2D eigenvalue weighted by molar-refractivity contribution is -0.131. The van der Waals surface area contributed by atoms with Gasteiger partial charge in [0.05, 0.1) is 12.1 Å². The van der Waals surface area contributed by atoms with E-state index >= 15 is 0 Å². The molecule has 0 radical (unpaired) electrons. The lowest BCUT2D eigenvalue weighted by Gasteiger charge is -2.31. The molecule has 0 aliphatic carbocycles. The van der Waals surface area contributed by atoms with Crippen molar-refractivity contribution >= 4 is 16.9 Å². The van der Waals surface area contributed by atoms with Crippen LogP contribution in [0.2, 0.25) is 0 Å². The molecule has 3 aromatic rings. The first kappa shape index (κ1) is 15.7. The Morgan fingerprint density at radius 3 is 2.68 bits per heavy atom. The van der Waals surface area contributed by atoms with Gasteiger partial charge in [-0.05, 0) is 37.1 Å². The molecule has 0 bridgehead atoms. The normalized spacial score (nSPS) is 15.6. The number of hydrogen-bond acceptors (Lipinski definition) is 4. The Balaban J connectivity index is 1.43. The van der Waals surface area contributed by atoms with Gasteiger partial charge in [-0.2, -0.15) is 5.10 Å². The van der Waals surface area contributed by atoms with E-state index < -0.39 is 0 Å². The van der Waals surface area contributed by atoms with Crippen LogP contribution in [-0.4, -0.2) is 43.6 Å². The summed E-state index contributed by atoms with van der Waals surface area (Å²) in [5, 5.41) is 5.82. The topological polar surface area (TPSA) is 63.9 Å². The molecular weight excluding hydrogens is 314 g/mol. The summed E-state index contributed by atoms with van der Waals surface area (Å²) < 4.78 is 1.85. The molecule has 0 unspecified atom stereocenters. The second-order valence-electron chi connectivity index (χ2n) is 6.54. The highest BCUT2D eigenvalue weighted by molar-refractivity contribution is 5.79. The Morgan fingerprint density at radius 2 is 1.92 bits per heavy atom. The van der Waals surface area contributed by atoms with Crippen molar-refractivity contribution in [2.45, 2.75) is 25.2 Å². The summed E-state index contributed by atoms with van der Waals surface area (Å²) in [6, 6.07) is 9.73. The van der Waals surface area contributed by atoms with Crippen molar-refractivity contribution in [2.24, 2.45) is 7.05 Å². The quantitative estimate of drug-likeness (QED) is 0.737. The van der Waals surface area contributed by atoms with Crippen LogP contribution in [0.15, 0.2) is 42.7 Å². The largest absolute Gasteiger partial charge is 0.342 e. The maximum Gasteiger partial charge on any atom is 0.228 e. The zero-order chi connectivity index (χ0) is 17.2. The Labute approximate surface area is 146 Å². The van der Waals surface area contributed by atoms with Gasteiger partial charge in [0.25, 0.3) is 0 Å². The van der Waals surface area contributed by atoms with Gasteiger partial charge in [-0.3, -0.25) is 14.5 Å². The number of nitrogens with zero attached hydrogens (tertiary/aromatic N) is 5. The first-order chi connectivity index (χ1) is 12.2.